The van der Waals surface area contributed by atoms with Crippen molar-refractivity contribution in [2.75, 3.05) is 11.9 Å². The number of nitrogens with two attached hydrogens (primary N) is 1. The topological polar surface area (TPSA) is 97.1 Å². The van der Waals surface area contributed by atoms with Gasteiger partial charge in [0.15, 0.2) is 5.13 Å². The van der Waals surface area contributed by atoms with Crippen molar-refractivity contribution in [3.63, 3.8) is 0 Å². The Morgan fingerprint density at radius 1 is 1.48 bits per heavy atom. The normalized spacial score (nSPS) is 15.2. The molecular weight excluding hydrogens is 312 g/mol. The molecule has 0 aliphatic heterocycles. The van der Waals surface area contributed by atoms with Crippen LogP contribution in [-0.2, 0) is 9.59 Å². The number of aromatic nitrogens is 1. The van der Waals surface area contributed by atoms with Gasteiger partial charge in [-0.05, 0) is 18.8 Å². The second-order valence-corrected chi connectivity index (χ2v) is 6.25. The molecule has 6 nitrogen and oxygen atoms in total. The van der Waals surface area contributed by atoms with Crippen LogP contribution in [0.25, 0.3) is 0 Å². The van der Waals surface area contributed by atoms with E-state index >= 15 is 0 Å². The van der Waals surface area contributed by atoms with Gasteiger partial charge in [-0.1, -0.05) is 13.8 Å². The van der Waals surface area contributed by atoms with E-state index in [0.717, 1.165) is 5.69 Å². The van der Waals surface area contributed by atoms with Crippen LogP contribution in [0.3, 0.4) is 0 Å². The summed E-state index contributed by atoms with van der Waals surface area (Å²) < 4.78 is 0. The smallest absolute Gasteiger partial charge is 0.245 e. The van der Waals surface area contributed by atoms with Crippen LogP contribution in [-0.4, -0.2) is 29.4 Å². The number of rotatable bonds is 6. The quantitative estimate of drug-likeness (QED) is 0.735. The number of nitrogens with one attached hydrogen (secondary N) is 2. The molecule has 0 aromatic carbocycles. The van der Waals surface area contributed by atoms with Gasteiger partial charge in [0.2, 0.25) is 11.8 Å². The average Bonchev–Trinajstić information content (AvgIpc) is 3.16. The average molecular weight is 333 g/mol. The maximum absolute atomic E-state index is 11.7. The van der Waals surface area contributed by atoms with Crippen molar-refractivity contribution in [3.05, 3.63) is 11.1 Å². The van der Waals surface area contributed by atoms with Crippen molar-refractivity contribution in [1.29, 1.82) is 0 Å². The molecule has 118 valence electrons. The molecule has 0 saturated heterocycles. The molecule has 1 aromatic heterocycles. The van der Waals surface area contributed by atoms with Gasteiger partial charge in [-0.25, -0.2) is 4.98 Å². The van der Waals surface area contributed by atoms with Gasteiger partial charge in [0.1, 0.15) is 0 Å². The Hall–Kier alpha value is -1.18. The van der Waals surface area contributed by atoms with Crippen LogP contribution >= 0.6 is 23.7 Å². The lowest BCUT2D eigenvalue weighted by atomic mass is 10.1. The molecule has 0 spiro atoms. The van der Waals surface area contributed by atoms with E-state index in [1.807, 2.05) is 19.2 Å². The van der Waals surface area contributed by atoms with Crippen LogP contribution < -0.4 is 16.4 Å². The van der Waals surface area contributed by atoms with Gasteiger partial charge in [0, 0.05) is 11.3 Å². The first kappa shape index (κ1) is 17.9. The largest absolute Gasteiger partial charge is 0.346 e. The highest BCUT2D eigenvalue weighted by molar-refractivity contribution is 7.13. The van der Waals surface area contributed by atoms with Crippen molar-refractivity contribution >= 4 is 40.7 Å². The number of anilines is 1. The van der Waals surface area contributed by atoms with Crippen molar-refractivity contribution in [1.82, 2.24) is 10.3 Å². The number of hydrogen-bond donors (Lipinski definition) is 3. The highest BCUT2D eigenvalue weighted by Gasteiger charge is 2.26. The van der Waals surface area contributed by atoms with Gasteiger partial charge in [-0.15, -0.1) is 23.7 Å². The third-order valence-electron chi connectivity index (χ3n) is 3.21. The van der Waals surface area contributed by atoms with Crippen LogP contribution in [0.15, 0.2) is 5.38 Å². The molecular formula is C13H21ClN4O2S. The Bertz CT molecular complexity index is 502. The van der Waals surface area contributed by atoms with Crippen LogP contribution in [0.4, 0.5) is 5.13 Å². The summed E-state index contributed by atoms with van der Waals surface area (Å²) in [5, 5.41) is 7.76. The molecule has 1 saturated carbocycles. The number of thiazole rings is 1. The number of carbonyl (C=O) groups excluding carboxylic acids is 2. The molecule has 0 bridgehead atoms. The van der Waals surface area contributed by atoms with Gasteiger partial charge in [0.05, 0.1) is 18.3 Å². The highest BCUT2D eigenvalue weighted by atomic mass is 35.5. The first-order chi connectivity index (χ1) is 9.47. The molecule has 1 aromatic rings. The van der Waals surface area contributed by atoms with E-state index in [-0.39, 0.29) is 36.7 Å². The lowest BCUT2D eigenvalue weighted by Gasteiger charge is -2.14. The Balaban J connectivity index is 0.00000220. The zero-order valence-electron chi connectivity index (χ0n) is 12.1. The summed E-state index contributed by atoms with van der Waals surface area (Å²) in [6.07, 6.45) is 2.36. The van der Waals surface area contributed by atoms with Crippen LogP contribution in [0.1, 0.15) is 38.3 Å². The number of hydrogen-bond acceptors (Lipinski definition) is 5. The van der Waals surface area contributed by atoms with Crippen molar-refractivity contribution in [2.24, 2.45) is 11.7 Å². The molecule has 0 unspecified atom stereocenters. The molecule has 1 aliphatic carbocycles. The maximum atomic E-state index is 11.7. The second-order valence-electron chi connectivity index (χ2n) is 5.39. The molecule has 2 amide bonds. The van der Waals surface area contributed by atoms with E-state index in [1.165, 1.54) is 24.2 Å². The van der Waals surface area contributed by atoms with E-state index in [9.17, 15) is 9.59 Å². The first-order valence-electron chi connectivity index (χ1n) is 6.76. The fourth-order valence-corrected chi connectivity index (χ4v) is 2.47. The molecule has 1 heterocycles. The molecule has 2 rings (SSSR count). The molecule has 1 atom stereocenters. The molecule has 1 fully saturated rings. The highest BCUT2D eigenvalue weighted by Crippen LogP contribution is 2.40. The summed E-state index contributed by atoms with van der Waals surface area (Å²) in [6, 6.07) is -0.593. The van der Waals surface area contributed by atoms with E-state index in [2.05, 4.69) is 15.6 Å². The minimum Gasteiger partial charge on any atom is -0.346 e. The van der Waals surface area contributed by atoms with Gasteiger partial charge in [-0.3, -0.25) is 9.59 Å². The monoisotopic (exact) mass is 332 g/mol. The molecule has 4 N–H and O–H groups in total. The van der Waals surface area contributed by atoms with E-state index in [1.54, 1.807) is 0 Å². The van der Waals surface area contributed by atoms with E-state index in [0.29, 0.717) is 11.0 Å². The van der Waals surface area contributed by atoms with Crippen molar-refractivity contribution in [3.8, 4) is 0 Å². The van der Waals surface area contributed by atoms with Gasteiger partial charge >= 0.3 is 0 Å². The summed E-state index contributed by atoms with van der Waals surface area (Å²) in [7, 11) is 0. The number of carbonyl (C=O) groups is 2. The zero-order valence-corrected chi connectivity index (χ0v) is 13.7. The second kappa shape index (κ2) is 7.72. The summed E-state index contributed by atoms with van der Waals surface area (Å²) >= 11 is 1.41. The summed E-state index contributed by atoms with van der Waals surface area (Å²) in [4.78, 5) is 27.7. The third kappa shape index (κ3) is 5.26. The lowest BCUT2D eigenvalue weighted by molar-refractivity contribution is -0.125. The maximum Gasteiger partial charge on any atom is 0.245 e. The standard InChI is InChI=1S/C13H20N4O2S.ClH/c1-7(2)11(14)12(19)15-5-10(18)17-13-16-9(6-20-13)8-3-4-8;/h6-8,11H,3-5,14H2,1-2H3,(H,15,19)(H,16,17,18);1H/t11-;/m0./s1. The summed E-state index contributed by atoms with van der Waals surface area (Å²) in [5.41, 5.74) is 6.74. The Morgan fingerprint density at radius 3 is 2.71 bits per heavy atom. The Kier molecular flexibility index (Phi) is 6.57. The Labute approximate surface area is 134 Å². The van der Waals surface area contributed by atoms with Crippen LogP contribution in [0, 0.1) is 5.92 Å². The van der Waals surface area contributed by atoms with Crippen LogP contribution in [0.5, 0.6) is 0 Å². The van der Waals surface area contributed by atoms with Crippen LogP contribution in [0.2, 0.25) is 0 Å². The molecule has 0 radical (unpaired) electrons. The predicted octanol–water partition coefficient (Wildman–Crippen LogP) is 1.48. The van der Waals surface area contributed by atoms with Gasteiger partial charge in [0.25, 0.3) is 0 Å². The SMILES string of the molecule is CC(C)[C@H](N)C(=O)NCC(=O)Nc1nc(C2CC2)cs1.Cl. The summed E-state index contributed by atoms with van der Waals surface area (Å²) in [6.45, 7) is 3.64. The van der Waals surface area contributed by atoms with Crippen molar-refractivity contribution in [2.45, 2.75) is 38.6 Å². The fraction of sp³-hybridized carbons (Fsp3) is 0.615. The Morgan fingerprint density at radius 2 is 2.14 bits per heavy atom. The minimum atomic E-state index is -0.593. The fourth-order valence-electron chi connectivity index (χ4n) is 1.66. The molecule has 21 heavy (non-hydrogen) atoms. The number of amides is 2. The number of halogens is 1. The predicted molar refractivity (Wildman–Crippen MR) is 85.8 cm³/mol. The molecule has 8 heteroatoms. The van der Waals surface area contributed by atoms with E-state index < -0.39 is 6.04 Å². The van der Waals surface area contributed by atoms with E-state index in [4.69, 9.17) is 5.73 Å². The third-order valence-corrected chi connectivity index (χ3v) is 3.98. The minimum absolute atomic E-state index is 0. The van der Waals surface area contributed by atoms with Gasteiger partial charge < -0.3 is 16.4 Å². The zero-order chi connectivity index (χ0) is 14.7. The first-order valence-corrected chi connectivity index (χ1v) is 7.64. The number of nitrogens with zero attached hydrogens (tertiary/aromatic N) is 1. The van der Waals surface area contributed by atoms with Gasteiger partial charge in [-0.2, -0.15) is 0 Å². The van der Waals surface area contributed by atoms with Crippen molar-refractivity contribution < 1.29 is 9.59 Å². The molecule has 1 aliphatic rings. The summed E-state index contributed by atoms with van der Waals surface area (Å²) in [5.74, 6) is 0.0118. The lowest BCUT2D eigenvalue weighted by Crippen LogP contribution is -2.46.